The second-order valence-electron chi connectivity index (χ2n) is 9.71. The van der Waals surface area contributed by atoms with E-state index < -0.39 is 0 Å². The van der Waals surface area contributed by atoms with E-state index in [1.807, 2.05) is 30.5 Å². The van der Waals surface area contributed by atoms with E-state index in [9.17, 15) is 5.11 Å². The lowest BCUT2D eigenvalue weighted by Crippen LogP contribution is -2.44. The third-order valence-electron chi connectivity index (χ3n) is 6.94. The number of hydrogen-bond acceptors (Lipinski definition) is 9. The van der Waals surface area contributed by atoms with Crippen molar-refractivity contribution < 1.29 is 5.11 Å². The maximum Gasteiger partial charge on any atom is 0.208 e. The van der Waals surface area contributed by atoms with E-state index in [2.05, 4.69) is 45.4 Å². The summed E-state index contributed by atoms with van der Waals surface area (Å²) in [6, 6.07) is 10.1. The predicted octanol–water partition coefficient (Wildman–Crippen LogP) is 3.81. The fourth-order valence-electron chi connectivity index (χ4n) is 5.25. The van der Waals surface area contributed by atoms with E-state index in [4.69, 9.17) is 10.2 Å². The summed E-state index contributed by atoms with van der Waals surface area (Å²) in [7, 11) is 0. The van der Waals surface area contributed by atoms with Crippen molar-refractivity contribution in [2.45, 2.75) is 38.8 Å². The molecule has 2 unspecified atom stereocenters. The number of fused-ring (bicyclic) bond motifs is 3. The number of hydrogen-bond donors (Lipinski definition) is 2. The number of aromatic nitrogens is 5. The van der Waals surface area contributed by atoms with Gasteiger partial charge >= 0.3 is 0 Å². The zero-order chi connectivity index (χ0) is 24.1. The van der Waals surface area contributed by atoms with Crippen LogP contribution in [0, 0.1) is 23.2 Å². The summed E-state index contributed by atoms with van der Waals surface area (Å²) in [5.74, 6) is 0.657. The molecule has 6 rings (SSSR count). The Balaban J connectivity index is 1.34. The van der Waals surface area contributed by atoms with E-state index in [1.54, 1.807) is 22.0 Å². The number of pyridine rings is 1. The van der Waals surface area contributed by atoms with Crippen LogP contribution in [0.3, 0.4) is 0 Å². The first-order chi connectivity index (χ1) is 17.0. The van der Waals surface area contributed by atoms with Crippen LogP contribution in [0.1, 0.15) is 32.3 Å². The van der Waals surface area contributed by atoms with E-state index >= 15 is 0 Å². The molecule has 178 valence electrons. The molecule has 2 bridgehead atoms. The van der Waals surface area contributed by atoms with Crippen LogP contribution in [0.4, 0.5) is 10.8 Å². The van der Waals surface area contributed by atoms with Crippen LogP contribution in [0.15, 0.2) is 36.7 Å². The molecule has 5 heterocycles. The first kappa shape index (κ1) is 21.9. The van der Waals surface area contributed by atoms with Crippen LogP contribution >= 0.6 is 11.3 Å². The molecule has 9 nitrogen and oxygen atoms in total. The molecule has 2 N–H and O–H groups in total. The number of piperidine rings is 1. The quantitative estimate of drug-likeness (QED) is 0.438. The van der Waals surface area contributed by atoms with Crippen LogP contribution in [0.2, 0.25) is 0 Å². The molecule has 1 aliphatic heterocycles. The summed E-state index contributed by atoms with van der Waals surface area (Å²) >= 11 is 1.57. The Hall–Kier alpha value is -3.55. The number of rotatable bonds is 5. The van der Waals surface area contributed by atoms with Gasteiger partial charge in [0.25, 0.3) is 0 Å². The van der Waals surface area contributed by atoms with E-state index in [0.29, 0.717) is 17.4 Å². The molecule has 1 aliphatic carbocycles. The molecule has 35 heavy (non-hydrogen) atoms. The van der Waals surface area contributed by atoms with E-state index in [-0.39, 0.29) is 12.1 Å². The molecule has 1 saturated heterocycles. The Morgan fingerprint density at radius 2 is 1.94 bits per heavy atom. The highest BCUT2D eigenvalue weighted by Gasteiger charge is 2.41. The largest absolute Gasteiger partial charge is 0.392 e. The van der Waals surface area contributed by atoms with Gasteiger partial charge in [0.15, 0.2) is 5.01 Å². The van der Waals surface area contributed by atoms with Crippen LogP contribution < -0.4 is 10.2 Å². The molecular weight excluding hydrogens is 460 g/mol. The highest BCUT2D eigenvalue weighted by molar-refractivity contribution is 7.18. The zero-order valence-electron chi connectivity index (χ0n) is 19.6. The van der Waals surface area contributed by atoms with Crippen molar-refractivity contribution in [1.82, 2.24) is 24.8 Å². The predicted molar refractivity (Wildman–Crippen MR) is 135 cm³/mol. The van der Waals surface area contributed by atoms with Gasteiger partial charge in [-0.1, -0.05) is 11.3 Å². The first-order valence-corrected chi connectivity index (χ1v) is 12.7. The van der Waals surface area contributed by atoms with Gasteiger partial charge in [0.2, 0.25) is 5.13 Å². The van der Waals surface area contributed by atoms with Crippen LogP contribution in [0.5, 0.6) is 0 Å². The van der Waals surface area contributed by atoms with Crippen molar-refractivity contribution in [1.29, 1.82) is 5.26 Å². The van der Waals surface area contributed by atoms with Gasteiger partial charge in [0.05, 0.1) is 40.3 Å². The molecule has 10 heteroatoms. The Kier molecular flexibility index (Phi) is 5.39. The fourth-order valence-corrected chi connectivity index (χ4v) is 6.14. The molecule has 2 fully saturated rings. The minimum atomic E-state index is -0.177. The Morgan fingerprint density at radius 3 is 2.69 bits per heavy atom. The number of nitrogens with one attached hydrogen (secondary N) is 1. The molecule has 0 spiro atoms. The van der Waals surface area contributed by atoms with Gasteiger partial charge in [0.1, 0.15) is 6.07 Å². The van der Waals surface area contributed by atoms with E-state index in [1.165, 1.54) is 0 Å². The van der Waals surface area contributed by atoms with Gasteiger partial charge in [-0.2, -0.15) is 10.4 Å². The molecule has 4 aromatic heterocycles. The summed E-state index contributed by atoms with van der Waals surface area (Å²) in [6.07, 6.45) is 5.40. The van der Waals surface area contributed by atoms with Crippen LogP contribution in [-0.4, -0.2) is 55.1 Å². The monoisotopic (exact) mass is 486 g/mol. The van der Waals surface area contributed by atoms with Gasteiger partial charge in [0, 0.05) is 42.9 Å². The number of aliphatic hydroxyl groups excluding tert-OH is 1. The van der Waals surface area contributed by atoms with Gasteiger partial charge in [-0.15, -0.1) is 10.2 Å². The second kappa shape index (κ2) is 8.59. The molecule has 1 saturated carbocycles. The van der Waals surface area contributed by atoms with Gasteiger partial charge in [-0.3, -0.25) is 4.98 Å². The van der Waals surface area contributed by atoms with Crippen molar-refractivity contribution in [3.63, 3.8) is 0 Å². The SMILES string of the molecule is CC(C)Nc1cc(-c2ccc3cc(C#N)cnn23)ncc1-c1nnc(N2CC3CCC(C2)C3O)s1. The van der Waals surface area contributed by atoms with Crippen LogP contribution in [-0.2, 0) is 0 Å². The number of nitrogens with zero attached hydrogens (tertiary/aromatic N) is 7. The van der Waals surface area contributed by atoms with Gasteiger partial charge in [-0.05, 0) is 51.0 Å². The number of aliphatic hydroxyl groups is 1. The lowest BCUT2D eigenvalue weighted by molar-refractivity contribution is 0.0792. The number of anilines is 2. The van der Waals surface area contributed by atoms with Crippen molar-refractivity contribution in [2.24, 2.45) is 11.8 Å². The smallest absolute Gasteiger partial charge is 0.208 e. The van der Waals surface area contributed by atoms with Crippen molar-refractivity contribution in [3.05, 3.63) is 42.2 Å². The summed E-state index contributed by atoms with van der Waals surface area (Å²) in [5.41, 5.74) is 4.84. The van der Waals surface area contributed by atoms with Gasteiger partial charge < -0.3 is 15.3 Å². The lowest BCUT2D eigenvalue weighted by atomic mass is 9.96. The Labute approximate surface area is 207 Å². The van der Waals surface area contributed by atoms with Gasteiger partial charge in [-0.25, -0.2) is 4.52 Å². The second-order valence-corrected chi connectivity index (χ2v) is 10.7. The highest BCUT2D eigenvalue weighted by Crippen LogP contribution is 2.41. The lowest BCUT2D eigenvalue weighted by Gasteiger charge is -2.34. The fraction of sp³-hybridized carbons (Fsp3) is 0.400. The Morgan fingerprint density at radius 1 is 1.14 bits per heavy atom. The summed E-state index contributed by atoms with van der Waals surface area (Å²) in [5, 5.41) is 38.2. The zero-order valence-corrected chi connectivity index (χ0v) is 20.4. The summed E-state index contributed by atoms with van der Waals surface area (Å²) in [4.78, 5) is 7.03. The third kappa shape index (κ3) is 3.90. The molecule has 2 atom stereocenters. The average molecular weight is 487 g/mol. The first-order valence-electron chi connectivity index (χ1n) is 11.9. The summed E-state index contributed by atoms with van der Waals surface area (Å²) in [6.45, 7) is 5.87. The Bertz CT molecular complexity index is 1420. The molecular formula is C25H26N8OS. The maximum atomic E-state index is 10.4. The third-order valence-corrected chi connectivity index (χ3v) is 7.96. The summed E-state index contributed by atoms with van der Waals surface area (Å²) < 4.78 is 1.80. The topological polar surface area (TPSA) is 115 Å². The van der Waals surface area contributed by atoms with Crippen molar-refractivity contribution in [3.8, 4) is 28.0 Å². The minimum Gasteiger partial charge on any atom is -0.392 e. The molecule has 4 aromatic rings. The minimum absolute atomic E-state index is 0.177. The maximum absolute atomic E-state index is 10.4. The average Bonchev–Trinajstić information content (AvgIpc) is 3.54. The van der Waals surface area contributed by atoms with Crippen LogP contribution in [0.25, 0.3) is 27.5 Å². The number of nitriles is 1. The molecule has 0 radical (unpaired) electrons. The van der Waals surface area contributed by atoms with Crippen molar-refractivity contribution in [2.75, 3.05) is 23.3 Å². The normalized spacial score (nSPS) is 21.6. The molecule has 0 amide bonds. The molecule has 0 aromatic carbocycles. The standard InChI is InChI=1S/C25H26N8OS/c1-14(2)29-20-8-21(22-6-5-18-7-15(9-26)10-28-33(18)22)27-11-19(20)24-30-31-25(35-24)32-12-16-3-4-17(13-32)23(16)34/h5-8,10-11,14,16-17,23,34H,3-4,12-13H2,1-2H3,(H,27,29). The van der Waals surface area contributed by atoms with E-state index in [0.717, 1.165) is 64.2 Å². The molecule has 2 aliphatic rings. The highest BCUT2D eigenvalue weighted by atomic mass is 32.1. The van der Waals surface area contributed by atoms with Crippen molar-refractivity contribution >= 4 is 27.7 Å².